The summed E-state index contributed by atoms with van der Waals surface area (Å²) < 4.78 is 0. The first-order valence-corrected chi connectivity index (χ1v) is 7.34. The monoisotopic (exact) mass is 275 g/mol. The molecule has 1 amide bonds. The van der Waals surface area contributed by atoms with E-state index >= 15 is 0 Å². The number of likely N-dealkylation sites (N-methyl/N-ethyl adjacent to an activating group) is 1. The van der Waals surface area contributed by atoms with E-state index in [0.29, 0.717) is 12.6 Å². The normalized spacial score (nSPS) is 17.4. The van der Waals surface area contributed by atoms with E-state index in [-0.39, 0.29) is 5.91 Å². The zero-order valence-corrected chi connectivity index (χ0v) is 12.5. The SMILES string of the molecule is CN(C)CC(=O)NC1CCN(Cc2ccccc2)CC1. The molecule has 1 aromatic rings. The summed E-state index contributed by atoms with van der Waals surface area (Å²) in [5.41, 5.74) is 1.36. The molecule has 1 heterocycles. The highest BCUT2D eigenvalue weighted by molar-refractivity contribution is 5.78. The van der Waals surface area contributed by atoms with Gasteiger partial charge in [0.1, 0.15) is 0 Å². The molecule has 4 nitrogen and oxygen atoms in total. The van der Waals surface area contributed by atoms with Crippen LogP contribution in [0, 0.1) is 0 Å². The largest absolute Gasteiger partial charge is 0.352 e. The molecule has 0 aromatic heterocycles. The molecule has 0 radical (unpaired) electrons. The summed E-state index contributed by atoms with van der Waals surface area (Å²) in [6.07, 6.45) is 2.10. The van der Waals surface area contributed by atoms with Gasteiger partial charge in [-0.05, 0) is 32.5 Å². The van der Waals surface area contributed by atoms with Crippen LogP contribution in [0.2, 0.25) is 0 Å². The highest BCUT2D eigenvalue weighted by atomic mass is 16.2. The summed E-state index contributed by atoms with van der Waals surface area (Å²) in [6, 6.07) is 10.9. The summed E-state index contributed by atoms with van der Waals surface area (Å²) in [4.78, 5) is 16.1. The van der Waals surface area contributed by atoms with Crippen molar-refractivity contribution >= 4 is 5.91 Å². The van der Waals surface area contributed by atoms with Gasteiger partial charge >= 0.3 is 0 Å². The van der Waals surface area contributed by atoms with Crippen LogP contribution in [-0.2, 0) is 11.3 Å². The zero-order chi connectivity index (χ0) is 14.4. The van der Waals surface area contributed by atoms with Crippen molar-refractivity contribution in [3.05, 3.63) is 35.9 Å². The minimum absolute atomic E-state index is 0.136. The van der Waals surface area contributed by atoms with Crippen LogP contribution in [-0.4, -0.2) is 55.5 Å². The lowest BCUT2D eigenvalue weighted by Gasteiger charge is -2.32. The molecule has 0 bridgehead atoms. The number of hydrogen-bond acceptors (Lipinski definition) is 3. The summed E-state index contributed by atoms with van der Waals surface area (Å²) >= 11 is 0. The Labute approximate surface area is 121 Å². The quantitative estimate of drug-likeness (QED) is 0.880. The highest BCUT2D eigenvalue weighted by Crippen LogP contribution is 2.13. The Balaban J connectivity index is 1.71. The molecule has 1 aromatic carbocycles. The molecule has 1 aliphatic rings. The predicted molar refractivity (Wildman–Crippen MR) is 81.4 cm³/mol. The molecular formula is C16H25N3O. The Bertz CT molecular complexity index is 411. The Morgan fingerprint density at radius 1 is 1.25 bits per heavy atom. The second kappa shape index (κ2) is 7.41. The second-order valence-corrected chi connectivity index (χ2v) is 5.84. The van der Waals surface area contributed by atoms with E-state index in [0.717, 1.165) is 32.5 Å². The van der Waals surface area contributed by atoms with E-state index < -0.39 is 0 Å². The van der Waals surface area contributed by atoms with E-state index in [9.17, 15) is 4.79 Å². The molecule has 4 heteroatoms. The topological polar surface area (TPSA) is 35.6 Å². The number of piperidine rings is 1. The Morgan fingerprint density at radius 2 is 1.90 bits per heavy atom. The number of carbonyl (C=O) groups is 1. The molecule has 0 unspecified atom stereocenters. The summed E-state index contributed by atoms with van der Waals surface area (Å²) in [6.45, 7) is 3.60. The lowest BCUT2D eigenvalue weighted by atomic mass is 10.0. The first-order valence-electron chi connectivity index (χ1n) is 7.34. The minimum Gasteiger partial charge on any atom is -0.352 e. The number of carbonyl (C=O) groups excluding carboxylic acids is 1. The minimum atomic E-state index is 0.136. The van der Waals surface area contributed by atoms with Crippen molar-refractivity contribution in [2.75, 3.05) is 33.7 Å². The first-order chi connectivity index (χ1) is 9.63. The molecule has 1 fully saturated rings. The van der Waals surface area contributed by atoms with Crippen LogP contribution in [0.3, 0.4) is 0 Å². The number of hydrogen-bond donors (Lipinski definition) is 1. The van der Waals surface area contributed by atoms with Crippen LogP contribution in [0.1, 0.15) is 18.4 Å². The molecule has 0 saturated carbocycles. The molecule has 20 heavy (non-hydrogen) atoms. The number of benzene rings is 1. The number of amides is 1. The third kappa shape index (κ3) is 4.94. The van der Waals surface area contributed by atoms with Gasteiger partial charge in [0.15, 0.2) is 0 Å². The van der Waals surface area contributed by atoms with Crippen molar-refractivity contribution in [2.24, 2.45) is 0 Å². The van der Waals surface area contributed by atoms with E-state index in [1.165, 1.54) is 5.56 Å². The molecule has 0 aliphatic carbocycles. The molecule has 110 valence electrons. The van der Waals surface area contributed by atoms with Crippen LogP contribution in [0.4, 0.5) is 0 Å². The van der Waals surface area contributed by atoms with Gasteiger partial charge in [-0.25, -0.2) is 0 Å². The summed E-state index contributed by atoms with van der Waals surface area (Å²) in [5, 5.41) is 3.13. The van der Waals surface area contributed by atoms with Crippen molar-refractivity contribution in [1.82, 2.24) is 15.1 Å². The number of nitrogens with one attached hydrogen (secondary N) is 1. The maximum atomic E-state index is 11.7. The molecule has 0 atom stereocenters. The van der Waals surface area contributed by atoms with Crippen molar-refractivity contribution in [3.8, 4) is 0 Å². The Morgan fingerprint density at radius 3 is 2.50 bits per heavy atom. The van der Waals surface area contributed by atoms with Crippen LogP contribution in [0.15, 0.2) is 30.3 Å². The van der Waals surface area contributed by atoms with E-state index in [1.54, 1.807) is 0 Å². The molecule has 1 aliphatic heterocycles. The van der Waals surface area contributed by atoms with Crippen LogP contribution < -0.4 is 5.32 Å². The van der Waals surface area contributed by atoms with Crippen LogP contribution >= 0.6 is 0 Å². The van der Waals surface area contributed by atoms with E-state index in [1.807, 2.05) is 19.0 Å². The third-order valence-corrected chi connectivity index (χ3v) is 3.66. The van der Waals surface area contributed by atoms with Gasteiger partial charge in [-0.1, -0.05) is 30.3 Å². The molecule has 0 spiro atoms. The van der Waals surface area contributed by atoms with Crippen LogP contribution in [0.5, 0.6) is 0 Å². The highest BCUT2D eigenvalue weighted by Gasteiger charge is 2.20. The van der Waals surface area contributed by atoms with E-state index in [4.69, 9.17) is 0 Å². The van der Waals surface area contributed by atoms with Crippen molar-refractivity contribution < 1.29 is 4.79 Å². The van der Waals surface area contributed by atoms with Gasteiger partial charge < -0.3 is 10.2 Å². The second-order valence-electron chi connectivity index (χ2n) is 5.84. The van der Waals surface area contributed by atoms with Crippen LogP contribution in [0.25, 0.3) is 0 Å². The lowest BCUT2D eigenvalue weighted by molar-refractivity contribution is -0.122. The van der Waals surface area contributed by atoms with E-state index in [2.05, 4.69) is 40.5 Å². The Hall–Kier alpha value is -1.39. The third-order valence-electron chi connectivity index (χ3n) is 3.66. The fourth-order valence-corrected chi connectivity index (χ4v) is 2.64. The van der Waals surface area contributed by atoms with Gasteiger partial charge in [-0.15, -0.1) is 0 Å². The maximum Gasteiger partial charge on any atom is 0.234 e. The fraction of sp³-hybridized carbons (Fsp3) is 0.562. The summed E-state index contributed by atoms with van der Waals surface area (Å²) in [7, 11) is 3.84. The average molecular weight is 275 g/mol. The average Bonchev–Trinajstić information content (AvgIpc) is 2.41. The smallest absolute Gasteiger partial charge is 0.234 e. The van der Waals surface area contributed by atoms with Gasteiger partial charge in [0.25, 0.3) is 0 Å². The zero-order valence-electron chi connectivity index (χ0n) is 12.5. The van der Waals surface area contributed by atoms with Gasteiger partial charge in [-0.2, -0.15) is 0 Å². The fourth-order valence-electron chi connectivity index (χ4n) is 2.64. The lowest BCUT2D eigenvalue weighted by Crippen LogP contribution is -2.46. The van der Waals surface area contributed by atoms with Crippen molar-refractivity contribution in [3.63, 3.8) is 0 Å². The predicted octanol–water partition coefficient (Wildman–Crippen LogP) is 1.33. The van der Waals surface area contributed by atoms with Gasteiger partial charge in [0.05, 0.1) is 6.54 Å². The molecular weight excluding hydrogens is 250 g/mol. The maximum absolute atomic E-state index is 11.7. The first kappa shape index (κ1) is 15.0. The molecule has 1 N–H and O–H groups in total. The number of rotatable bonds is 5. The van der Waals surface area contributed by atoms with Gasteiger partial charge in [0.2, 0.25) is 5.91 Å². The Kier molecular flexibility index (Phi) is 5.56. The van der Waals surface area contributed by atoms with Gasteiger partial charge in [0, 0.05) is 25.7 Å². The van der Waals surface area contributed by atoms with Gasteiger partial charge in [-0.3, -0.25) is 9.69 Å². The standard InChI is InChI=1S/C16H25N3O/c1-18(2)13-16(20)17-15-8-10-19(11-9-15)12-14-6-4-3-5-7-14/h3-7,15H,8-13H2,1-2H3,(H,17,20). The van der Waals surface area contributed by atoms with Crippen molar-refractivity contribution in [2.45, 2.75) is 25.4 Å². The molecule has 1 saturated heterocycles. The van der Waals surface area contributed by atoms with Crippen molar-refractivity contribution in [1.29, 1.82) is 0 Å². The number of nitrogens with zero attached hydrogens (tertiary/aromatic N) is 2. The number of likely N-dealkylation sites (tertiary alicyclic amines) is 1. The summed E-state index contributed by atoms with van der Waals surface area (Å²) in [5.74, 6) is 0.136. The molecule has 2 rings (SSSR count).